The predicted molar refractivity (Wildman–Crippen MR) is 139 cm³/mol. The molecule has 4 nitrogen and oxygen atoms in total. The third-order valence-corrected chi connectivity index (χ3v) is 7.86. The van der Waals surface area contributed by atoms with Crippen molar-refractivity contribution in [2.24, 2.45) is 11.8 Å². The molecule has 0 spiro atoms. The van der Waals surface area contributed by atoms with Crippen molar-refractivity contribution in [2.75, 3.05) is 11.9 Å². The second-order valence-electron chi connectivity index (χ2n) is 11.4. The molecular weight excluding hydrogens is 420 g/mol. The maximum atomic E-state index is 13.9. The number of aryl methyl sites for hydroxylation is 2. The van der Waals surface area contributed by atoms with Crippen LogP contribution in [-0.2, 0) is 10.2 Å². The van der Waals surface area contributed by atoms with Crippen molar-refractivity contribution in [3.63, 3.8) is 0 Å². The van der Waals surface area contributed by atoms with E-state index in [0.717, 1.165) is 54.6 Å². The van der Waals surface area contributed by atoms with Crippen LogP contribution in [0.25, 0.3) is 0 Å². The van der Waals surface area contributed by atoms with Gasteiger partial charge in [-0.1, -0.05) is 63.9 Å². The Bertz CT molecular complexity index is 1030. The predicted octanol–water partition coefficient (Wildman–Crippen LogP) is 6.65. The quantitative estimate of drug-likeness (QED) is 0.555. The summed E-state index contributed by atoms with van der Waals surface area (Å²) in [6, 6.07) is 14.2. The minimum atomic E-state index is -0.177. The summed E-state index contributed by atoms with van der Waals surface area (Å²) in [5.41, 5.74) is 4.91. The van der Waals surface area contributed by atoms with Crippen molar-refractivity contribution in [1.29, 1.82) is 0 Å². The average molecular weight is 461 g/mol. The van der Waals surface area contributed by atoms with Gasteiger partial charge in [-0.2, -0.15) is 0 Å². The Hall–Kier alpha value is -2.62. The van der Waals surface area contributed by atoms with Gasteiger partial charge in [0.2, 0.25) is 5.91 Å². The van der Waals surface area contributed by atoms with Crippen LogP contribution in [0.15, 0.2) is 42.5 Å². The molecule has 1 aliphatic heterocycles. The molecule has 182 valence electrons. The highest BCUT2D eigenvalue weighted by Crippen LogP contribution is 2.39. The topological polar surface area (TPSA) is 49.4 Å². The minimum Gasteiger partial charge on any atom is -0.335 e. The fraction of sp³-hybridized carbons (Fsp3) is 0.533. The van der Waals surface area contributed by atoms with Gasteiger partial charge in [0, 0.05) is 23.8 Å². The van der Waals surface area contributed by atoms with Gasteiger partial charge >= 0.3 is 0 Å². The summed E-state index contributed by atoms with van der Waals surface area (Å²) >= 11 is 0. The van der Waals surface area contributed by atoms with Crippen LogP contribution in [0.2, 0.25) is 0 Å². The first-order valence-electron chi connectivity index (χ1n) is 13.0. The normalized spacial score (nSPS) is 21.5. The molecule has 1 heterocycles. The summed E-state index contributed by atoms with van der Waals surface area (Å²) in [6.45, 7) is 11.3. The lowest BCUT2D eigenvalue weighted by Gasteiger charge is -2.44. The van der Waals surface area contributed by atoms with Gasteiger partial charge in [-0.05, 0) is 79.7 Å². The van der Waals surface area contributed by atoms with E-state index in [1.807, 2.05) is 44.2 Å². The molecule has 2 amide bonds. The third kappa shape index (κ3) is 5.06. The average Bonchev–Trinajstić information content (AvgIpc) is 3.32. The standard InChI is InChI=1S/C30H40N2O2/c1-20-11-8-12-21(2)26(20)29(34)32-18-10-17-25(27(32)22-13-6-7-14-22)28(33)31-24-16-9-15-23(19-24)30(3,4)5/h8-9,11-12,15-16,19,22,25,27H,6-7,10,13-14,17-18H2,1-5H3,(H,31,33)/t25-,27-/m0/s1. The first-order valence-corrected chi connectivity index (χ1v) is 13.0. The molecule has 0 bridgehead atoms. The number of hydrogen-bond donors (Lipinski definition) is 1. The van der Waals surface area contributed by atoms with Crippen molar-refractivity contribution < 1.29 is 9.59 Å². The van der Waals surface area contributed by atoms with E-state index in [4.69, 9.17) is 0 Å². The Morgan fingerprint density at radius 3 is 2.21 bits per heavy atom. The lowest BCUT2D eigenvalue weighted by Crippen LogP contribution is -2.55. The van der Waals surface area contributed by atoms with Gasteiger partial charge in [0.25, 0.3) is 5.91 Å². The maximum absolute atomic E-state index is 13.9. The number of nitrogens with one attached hydrogen (secondary N) is 1. The van der Waals surface area contributed by atoms with Crippen LogP contribution < -0.4 is 5.32 Å². The first kappa shape index (κ1) is 24.5. The Kier molecular flexibility index (Phi) is 7.16. The monoisotopic (exact) mass is 460 g/mol. The van der Waals surface area contributed by atoms with Gasteiger partial charge in [0.05, 0.1) is 5.92 Å². The van der Waals surface area contributed by atoms with E-state index >= 15 is 0 Å². The zero-order valence-corrected chi connectivity index (χ0v) is 21.5. The molecule has 1 saturated carbocycles. The molecule has 4 rings (SSSR count). The number of hydrogen-bond acceptors (Lipinski definition) is 2. The van der Waals surface area contributed by atoms with Gasteiger partial charge in [0.1, 0.15) is 0 Å². The Balaban J connectivity index is 1.63. The smallest absolute Gasteiger partial charge is 0.254 e. The molecule has 1 aliphatic carbocycles. The van der Waals surface area contributed by atoms with Crippen molar-refractivity contribution in [3.05, 3.63) is 64.7 Å². The zero-order valence-electron chi connectivity index (χ0n) is 21.5. The number of amides is 2. The molecule has 0 unspecified atom stereocenters. The van der Waals surface area contributed by atoms with Crippen LogP contribution in [0.3, 0.4) is 0 Å². The van der Waals surface area contributed by atoms with Crippen molar-refractivity contribution in [2.45, 2.75) is 84.6 Å². The van der Waals surface area contributed by atoms with E-state index in [-0.39, 0.29) is 29.2 Å². The van der Waals surface area contributed by atoms with Gasteiger partial charge in [-0.15, -0.1) is 0 Å². The molecule has 2 fully saturated rings. The third-order valence-electron chi connectivity index (χ3n) is 7.86. The Morgan fingerprint density at radius 2 is 1.56 bits per heavy atom. The molecule has 34 heavy (non-hydrogen) atoms. The molecule has 4 heteroatoms. The van der Waals surface area contributed by atoms with Gasteiger partial charge in [-0.3, -0.25) is 9.59 Å². The lowest BCUT2D eigenvalue weighted by atomic mass is 9.79. The number of carbonyl (C=O) groups excluding carboxylic acids is 2. The van der Waals surface area contributed by atoms with Crippen LogP contribution in [0.5, 0.6) is 0 Å². The summed E-state index contributed by atoms with van der Waals surface area (Å²) in [7, 11) is 0. The fourth-order valence-electron chi connectivity index (χ4n) is 6.02. The fourth-order valence-corrected chi connectivity index (χ4v) is 6.02. The minimum absolute atomic E-state index is 0.0204. The van der Waals surface area contributed by atoms with E-state index in [2.05, 4.69) is 43.1 Å². The molecule has 1 saturated heterocycles. The summed E-state index contributed by atoms with van der Waals surface area (Å²) in [5, 5.41) is 3.22. The van der Waals surface area contributed by atoms with E-state index in [1.165, 1.54) is 18.4 Å². The SMILES string of the molecule is Cc1cccc(C)c1C(=O)N1CCC[C@H](C(=O)Nc2cccc(C(C)(C)C)c2)[C@@H]1C1CCCC1. The Labute approximate surface area is 205 Å². The second-order valence-corrected chi connectivity index (χ2v) is 11.4. The van der Waals surface area contributed by atoms with Gasteiger partial charge < -0.3 is 10.2 Å². The number of likely N-dealkylation sites (tertiary alicyclic amines) is 1. The number of rotatable bonds is 4. The van der Waals surface area contributed by atoms with Crippen LogP contribution >= 0.6 is 0 Å². The molecule has 0 radical (unpaired) electrons. The molecule has 1 N–H and O–H groups in total. The molecule has 0 aromatic heterocycles. The van der Waals surface area contributed by atoms with Crippen LogP contribution in [0.4, 0.5) is 5.69 Å². The van der Waals surface area contributed by atoms with E-state index in [1.54, 1.807) is 0 Å². The molecule has 2 aromatic rings. The molecule has 2 aliphatic rings. The van der Waals surface area contributed by atoms with Crippen LogP contribution in [-0.4, -0.2) is 29.3 Å². The van der Waals surface area contributed by atoms with E-state index in [9.17, 15) is 9.59 Å². The number of piperidine rings is 1. The second kappa shape index (κ2) is 9.93. The van der Waals surface area contributed by atoms with Crippen molar-refractivity contribution in [3.8, 4) is 0 Å². The lowest BCUT2D eigenvalue weighted by molar-refractivity contribution is -0.124. The maximum Gasteiger partial charge on any atom is 0.254 e. The van der Waals surface area contributed by atoms with Crippen LogP contribution in [0, 0.1) is 25.7 Å². The summed E-state index contributed by atoms with van der Waals surface area (Å²) in [4.78, 5) is 29.6. The first-order chi connectivity index (χ1) is 16.2. The largest absolute Gasteiger partial charge is 0.335 e. The van der Waals surface area contributed by atoms with Crippen LogP contribution in [0.1, 0.15) is 86.3 Å². The summed E-state index contributed by atoms with van der Waals surface area (Å²) in [5.74, 6) is 0.371. The Morgan fingerprint density at radius 1 is 0.912 bits per heavy atom. The van der Waals surface area contributed by atoms with Crippen molar-refractivity contribution in [1.82, 2.24) is 4.90 Å². The number of carbonyl (C=O) groups is 2. The number of nitrogens with zero attached hydrogens (tertiary/aromatic N) is 1. The van der Waals surface area contributed by atoms with Gasteiger partial charge in [-0.25, -0.2) is 0 Å². The van der Waals surface area contributed by atoms with E-state index in [0.29, 0.717) is 5.92 Å². The van der Waals surface area contributed by atoms with E-state index < -0.39 is 0 Å². The highest BCUT2D eigenvalue weighted by atomic mass is 16.2. The zero-order chi connectivity index (χ0) is 24.5. The van der Waals surface area contributed by atoms with Crippen molar-refractivity contribution >= 4 is 17.5 Å². The highest BCUT2D eigenvalue weighted by Gasteiger charge is 2.44. The summed E-state index contributed by atoms with van der Waals surface area (Å²) < 4.78 is 0. The number of anilines is 1. The molecule has 2 atom stereocenters. The molecule has 2 aromatic carbocycles. The van der Waals surface area contributed by atoms with Gasteiger partial charge in [0.15, 0.2) is 0 Å². The summed E-state index contributed by atoms with van der Waals surface area (Å²) in [6.07, 6.45) is 6.28. The number of benzene rings is 2. The molecular formula is C30H40N2O2. The highest BCUT2D eigenvalue weighted by molar-refractivity contribution is 5.99.